The smallest absolute Gasteiger partial charge is 0.331 e. The second-order valence-electron chi connectivity index (χ2n) is 4.28. The molecule has 2 N–H and O–H groups in total. The van der Waals surface area contributed by atoms with E-state index in [-0.39, 0.29) is 22.8 Å². The summed E-state index contributed by atoms with van der Waals surface area (Å²) in [5.74, 6) is -0.575. The highest BCUT2D eigenvalue weighted by atomic mass is 35.5. The predicted octanol–water partition coefficient (Wildman–Crippen LogP) is 1.45. The third-order valence-corrected chi connectivity index (χ3v) is 3.18. The maximum Gasteiger partial charge on any atom is 0.331 e. The van der Waals surface area contributed by atoms with Gasteiger partial charge < -0.3 is 5.73 Å². The van der Waals surface area contributed by atoms with Crippen molar-refractivity contribution in [1.82, 2.24) is 9.13 Å². The van der Waals surface area contributed by atoms with Crippen molar-refractivity contribution in [1.29, 1.82) is 0 Å². The number of halogens is 2. The van der Waals surface area contributed by atoms with Crippen LogP contribution in [0, 0.1) is 5.82 Å². The fourth-order valence-electron chi connectivity index (χ4n) is 1.86. The Morgan fingerprint density at radius 1 is 1.35 bits per heavy atom. The Hall–Kier alpha value is -2.08. The Morgan fingerprint density at radius 2 is 2.05 bits per heavy atom. The van der Waals surface area contributed by atoms with Gasteiger partial charge in [0.2, 0.25) is 0 Å². The molecular formula is C13H13ClFN3O2. The largest absolute Gasteiger partial charge is 0.393 e. The molecule has 0 aliphatic carbocycles. The molecular weight excluding hydrogens is 285 g/mol. The first-order chi connectivity index (χ1) is 9.43. The number of aromatic nitrogens is 2. The van der Waals surface area contributed by atoms with Crippen molar-refractivity contribution in [2.45, 2.75) is 20.0 Å². The number of nitrogens with zero attached hydrogens (tertiary/aromatic N) is 2. The van der Waals surface area contributed by atoms with E-state index in [4.69, 9.17) is 17.3 Å². The quantitative estimate of drug-likeness (QED) is 0.932. The van der Waals surface area contributed by atoms with E-state index in [9.17, 15) is 14.0 Å². The summed E-state index contributed by atoms with van der Waals surface area (Å²) in [5, 5.41) is 0.247. The van der Waals surface area contributed by atoms with Crippen LogP contribution in [-0.4, -0.2) is 9.13 Å². The highest BCUT2D eigenvalue weighted by Crippen LogP contribution is 2.14. The minimum atomic E-state index is -0.631. The molecule has 1 aromatic heterocycles. The highest BCUT2D eigenvalue weighted by molar-refractivity contribution is 6.30. The van der Waals surface area contributed by atoms with Gasteiger partial charge in [0.05, 0.1) is 6.54 Å². The van der Waals surface area contributed by atoms with Crippen LogP contribution < -0.4 is 17.0 Å². The number of hydrogen-bond acceptors (Lipinski definition) is 3. The lowest BCUT2D eigenvalue weighted by atomic mass is 10.2. The van der Waals surface area contributed by atoms with Gasteiger partial charge in [0.15, 0.2) is 0 Å². The van der Waals surface area contributed by atoms with Crippen molar-refractivity contribution in [2.24, 2.45) is 0 Å². The molecule has 0 spiro atoms. The van der Waals surface area contributed by atoms with Gasteiger partial charge in [0.1, 0.15) is 11.5 Å². The summed E-state index contributed by atoms with van der Waals surface area (Å²) in [4.78, 5) is 24.0. The number of aryl methyl sites for hydroxylation is 1. The summed E-state index contributed by atoms with van der Waals surface area (Å²) >= 11 is 5.66. The summed E-state index contributed by atoms with van der Waals surface area (Å²) < 4.78 is 15.9. The van der Waals surface area contributed by atoms with Crippen LogP contribution in [0.1, 0.15) is 12.5 Å². The topological polar surface area (TPSA) is 70.0 Å². The van der Waals surface area contributed by atoms with Crippen molar-refractivity contribution in [3.05, 3.63) is 61.6 Å². The molecule has 0 unspecified atom stereocenters. The monoisotopic (exact) mass is 297 g/mol. The van der Waals surface area contributed by atoms with Crippen LogP contribution in [0.4, 0.5) is 10.1 Å². The first kappa shape index (κ1) is 14.3. The fraction of sp³-hybridized carbons (Fsp3) is 0.231. The number of benzene rings is 1. The molecule has 0 fully saturated rings. The molecule has 20 heavy (non-hydrogen) atoms. The molecule has 0 bridgehead atoms. The summed E-state index contributed by atoms with van der Waals surface area (Å²) in [6.45, 7) is 1.93. The predicted molar refractivity (Wildman–Crippen MR) is 75.6 cm³/mol. The third kappa shape index (κ3) is 2.60. The number of hydrogen-bond donors (Lipinski definition) is 1. The van der Waals surface area contributed by atoms with Crippen LogP contribution in [0.25, 0.3) is 0 Å². The van der Waals surface area contributed by atoms with E-state index < -0.39 is 17.1 Å². The zero-order valence-electron chi connectivity index (χ0n) is 10.8. The average Bonchev–Trinajstić information content (AvgIpc) is 2.41. The second kappa shape index (κ2) is 5.50. The molecule has 2 aromatic rings. The zero-order chi connectivity index (χ0) is 14.9. The Kier molecular flexibility index (Phi) is 3.94. The second-order valence-corrected chi connectivity index (χ2v) is 4.72. The minimum Gasteiger partial charge on any atom is -0.393 e. The molecule has 0 saturated heterocycles. The molecule has 106 valence electrons. The molecule has 0 radical (unpaired) electrons. The number of nitrogen functional groups attached to an aromatic ring is 1. The van der Waals surface area contributed by atoms with E-state index in [1.54, 1.807) is 6.92 Å². The van der Waals surface area contributed by atoms with Crippen molar-refractivity contribution >= 4 is 17.3 Å². The van der Waals surface area contributed by atoms with Crippen LogP contribution >= 0.6 is 11.6 Å². The van der Waals surface area contributed by atoms with E-state index >= 15 is 0 Å². The molecule has 1 heterocycles. The molecule has 1 aromatic carbocycles. The Morgan fingerprint density at radius 3 is 2.65 bits per heavy atom. The van der Waals surface area contributed by atoms with Crippen molar-refractivity contribution in [3.63, 3.8) is 0 Å². The molecule has 5 nitrogen and oxygen atoms in total. The SMILES string of the molecule is CCn1cc(N)c(=O)n(Cc2ccc(Cl)cc2F)c1=O. The molecule has 2 rings (SSSR count). The maximum absolute atomic E-state index is 13.7. The average molecular weight is 298 g/mol. The zero-order valence-corrected chi connectivity index (χ0v) is 11.5. The van der Waals surface area contributed by atoms with Gasteiger partial charge in [-0.15, -0.1) is 0 Å². The van der Waals surface area contributed by atoms with Gasteiger partial charge in [-0.1, -0.05) is 17.7 Å². The summed E-state index contributed by atoms with van der Waals surface area (Å²) in [5.41, 5.74) is 4.56. The van der Waals surface area contributed by atoms with Crippen LogP contribution in [0.5, 0.6) is 0 Å². The summed E-state index contributed by atoms with van der Waals surface area (Å²) in [6.07, 6.45) is 1.29. The summed E-state index contributed by atoms with van der Waals surface area (Å²) in [6, 6.07) is 4.06. The van der Waals surface area contributed by atoms with E-state index in [1.165, 1.54) is 22.9 Å². The number of rotatable bonds is 3. The van der Waals surface area contributed by atoms with E-state index in [0.717, 1.165) is 10.6 Å². The lowest BCUT2D eigenvalue weighted by Crippen LogP contribution is -2.40. The standard InChI is InChI=1S/C13H13ClFN3O2/c1-2-17-7-11(16)12(19)18(13(17)20)6-8-3-4-9(14)5-10(8)15/h3-5,7H,2,6,16H2,1H3. The van der Waals surface area contributed by atoms with Crippen molar-refractivity contribution < 1.29 is 4.39 Å². The van der Waals surface area contributed by atoms with Gasteiger partial charge in [0, 0.05) is 23.3 Å². The van der Waals surface area contributed by atoms with Crippen molar-refractivity contribution in [2.75, 3.05) is 5.73 Å². The lowest BCUT2D eigenvalue weighted by molar-refractivity contribution is 0.567. The van der Waals surface area contributed by atoms with Gasteiger partial charge >= 0.3 is 5.69 Å². The Labute approximate surface area is 119 Å². The molecule has 0 aliphatic heterocycles. The number of nitrogens with two attached hydrogens (primary N) is 1. The first-order valence-corrected chi connectivity index (χ1v) is 6.35. The Balaban J connectivity index is 2.56. The first-order valence-electron chi connectivity index (χ1n) is 5.97. The lowest BCUT2D eigenvalue weighted by Gasteiger charge is -2.10. The minimum absolute atomic E-state index is 0.0548. The van der Waals surface area contributed by atoms with Crippen LogP contribution in [0.2, 0.25) is 5.02 Å². The van der Waals surface area contributed by atoms with Gasteiger partial charge in [-0.05, 0) is 19.1 Å². The molecule has 7 heteroatoms. The van der Waals surface area contributed by atoms with Crippen molar-refractivity contribution in [3.8, 4) is 0 Å². The molecule has 0 aliphatic rings. The van der Waals surface area contributed by atoms with Gasteiger partial charge in [-0.3, -0.25) is 13.9 Å². The fourth-order valence-corrected chi connectivity index (χ4v) is 2.02. The van der Waals surface area contributed by atoms with Crippen LogP contribution in [0.3, 0.4) is 0 Å². The number of anilines is 1. The molecule has 0 amide bonds. The van der Waals surface area contributed by atoms with E-state index in [0.29, 0.717) is 6.54 Å². The normalized spacial score (nSPS) is 10.8. The van der Waals surface area contributed by atoms with E-state index in [2.05, 4.69) is 0 Å². The molecule has 0 atom stereocenters. The Bertz CT molecular complexity index is 767. The highest BCUT2D eigenvalue weighted by Gasteiger charge is 2.11. The van der Waals surface area contributed by atoms with Crippen LogP contribution in [-0.2, 0) is 13.1 Å². The summed E-state index contributed by atoms with van der Waals surface area (Å²) in [7, 11) is 0. The third-order valence-electron chi connectivity index (χ3n) is 2.95. The van der Waals surface area contributed by atoms with Gasteiger partial charge in [0.25, 0.3) is 5.56 Å². The van der Waals surface area contributed by atoms with Crippen LogP contribution in [0.15, 0.2) is 34.0 Å². The van der Waals surface area contributed by atoms with E-state index in [1.807, 2.05) is 0 Å². The van der Waals surface area contributed by atoms with Gasteiger partial charge in [-0.25, -0.2) is 9.18 Å². The van der Waals surface area contributed by atoms with Gasteiger partial charge in [-0.2, -0.15) is 0 Å². The molecule has 0 saturated carbocycles. The maximum atomic E-state index is 13.7.